The van der Waals surface area contributed by atoms with Crippen molar-refractivity contribution in [2.75, 3.05) is 0 Å². The van der Waals surface area contributed by atoms with Crippen LogP contribution in [-0.4, -0.2) is 20.0 Å². The Morgan fingerprint density at radius 1 is 1.50 bits per heavy atom. The van der Waals surface area contributed by atoms with Gasteiger partial charge in [-0.25, -0.2) is 4.68 Å². The van der Waals surface area contributed by atoms with E-state index in [4.69, 9.17) is 5.26 Å². The summed E-state index contributed by atoms with van der Waals surface area (Å²) < 4.78 is 1.66. The van der Waals surface area contributed by atoms with Crippen molar-refractivity contribution in [1.82, 2.24) is 20.0 Å². The molecule has 5 nitrogen and oxygen atoms in total. The normalized spacial score (nSPS) is 9.71. The highest BCUT2D eigenvalue weighted by Crippen LogP contribution is 2.05. The first-order valence-corrected chi connectivity index (χ1v) is 4.05. The van der Waals surface area contributed by atoms with Gasteiger partial charge in [-0.1, -0.05) is 0 Å². The van der Waals surface area contributed by atoms with Gasteiger partial charge in [-0.05, 0) is 13.0 Å². The maximum Gasteiger partial charge on any atom is 0.165 e. The van der Waals surface area contributed by atoms with Crippen molar-refractivity contribution in [1.29, 1.82) is 5.26 Å². The molecule has 2 rings (SSSR count). The van der Waals surface area contributed by atoms with Gasteiger partial charge in [-0.3, -0.25) is 0 Å². The number of hydrogen-bond acceptors (Lipinski definition) is 4. The minimum atomic E-state index is 0.288. The second-order valence-corrected chi connectivity index (χ2v) is 2.81. The molecular formula is C9H7N5. The zero-order valence-corrected chi connectivity index (χ0v) is 7.55. The molecule has 0 aliphatic rings. The van der Waals surface area contributed by atoms with Crippen molar-refractivity contribution in [2.24, 2.45) is 0 Å². The van der Waals surface area contributed by atoms with Crippen LogP contribution in [0.15, 0.2) is 24.5 Å². The van der Waals surface area contributed by atoms with Gasteiger partial charge in [0, 0.05) is 12.3 Å². The smallest absolute Gasteiger partial charge is 0.165 e. The van der Waals surface area contributed by atoms with E-state index in [9.17, 15) is 0 Å². The minimum Gasteiger partial charge on any atom is -0.239 e. The summed E-state index contributed by atoms with van der Waals surface area (Å²) in [6.07, 6.45) is 3.38. The first-order chi connectivity index (χ1) is 6.79. The van der Waals surface area contributed by atoms with Crippen LogP contribution in [0.2, 0.25) is 0 Å². The highest BCUT2D eigenvalue weighted by molar-refractivity contribution is 5.33. The van der Waals surface area contributed by atoms with Crippen LogP contribution in [0.1, 0.15) is 11.4 Å². The van der Waals surface area contributed by atoms with E-state index in [0.717, 1.165) is 11.4 Å². The Hall–Kier alpha value is -2.22. The van der Waals surface area contributed by atoms with Gasteiger partial charge in [-0.2, -0.15) is 15.5 Å². The number of rotatable bonds is 1. The molecule has 2 aromatic heterocycles. The van der Waals surface area contributed by atoms with Gasteiger partial charge in [0.2, 0.25) is 0 Å². The summed E-state index contributed by atoms with van der Waals surface area (Å²) in [5.74, 6) is 0. The molecule has 68 valence electrons. The van der Waals surface area contributed by atoms with E-state index in [1.807, 2.05) is 25.3 Å². The van der Waals surface area contributed by atoms with Gasteiger partial charge >= 0.3 is 0 Å². The number of nitriles is 1. The molecule has 0 bridgehead atoms. The van der Waals surface area contributed by atoms with Crippen LogP contribution in [0.4, 0.5) is 0 Å². The molecule has 0 amide bonds. The number of nitrogens with zero attached hydrogens (tertiary/aromatic N) is 5. The van der Waals surface area contributed by atoms with Gasteiger partial charge in [0.1, 0.15) is 6.07 Å². The zero-order chi connectivity index (χ0) is 9.97. The lowest BCUT2D eigenvalue weighted by Crippen LogP contribution is -1.98. The molecule has 0 spiro atoms. The molecule has 14 heavy (non-hydrogen) atoms. The number of hydrogen-bond donors (Lipinski definition) is 0. The molecule has 0 saturated carbocycles. The molecule has 0 unspecified atom stereocenters. The molecule has 0 fully saturated rings. The predicted octanol–water partition coefficient (Wildman–Crippen LogP) is 0.842. The van der Waals surface area contributed by atoms with Crippen LogP contribution in [0.5, 0.6) is 0 Å². The quantitative estimate of drug-likeness (QED) is 0.660. The predicted molar refractivity (Wildman–Crippen MR) is 48.6 cm³/mol. The molecule has 0 aromatic carbocycles. The summed E-state index contributed by atoms with van der Waals surface area (Å²) >= 11 is 0. The van der Waals surface area contributed by atoms with E-state index in [0.29, 0.717) is 0 Å². The average Bonchev–Trinajstić information content (AvgIpc) is 2.65. The summed E-state index contributed by atoms with van der Waals surface area (Å²) in [5, 5.41) is 20.2. The summed E-state index contributed by atoms with van der Waals surface area (Å²) in [7, 11) is 0. The van der Waals surface area contributed by atoms with Crippen molar-refractivity contribution in [3.05, 3.63) is 35.9 Å². The SMILES string of the molecule is Cc1ccn(-c2cnnc(C#N)c2)n1. The minimum absolute atomic E-state index is 0.288. The summed E-state index contributed by atoms with van der Waals surface area (Å²) in [4.78, 5) is 0. The summed E-state index contributed by atoms with van der Waals surface area (Å²) in [5.41, 5.74) is 1.95. The van der Waals surface area contributed by atoms with Crippen molar-refractivity contribution in [2.45, 2.75) is 6.92 Å². The molecule has 0 saturated heterocycles. The molecule has 0 aliphatic heterocycles. The maximum absolute atomic E-state index is 8.63. The van der Waals surface area contributed by atoms with Crippen molar-refractivity contribution in [3.8, 4) is 11.8 Å². The molecule has 0 aliphatic carbocycles. The number of aromatic nitrogens is 4. The second-order valence-electron chi connectivity index (χ2n) is 2.81. The van der Waals surface area contributed by atoms with Gasteiger partial charge in [-0.15, -0.1) is 5.10 Å². The lowest BCUT2D eigenvalue weighted by molar-refractivity contribution is 0.842. The van der Waals surface area contributed by atoms with Crippen LogP contribution < -0.4 is 0 Å². The van der Waals surface area contributed by atoms with E-state index in [1.165, 1.54) is 0 Å². The molecule has 2 heterocycles. The summed E-state index contributed by atoms with van der Waals surface area (Å²) in [6, 6.07) is 5.45. The Bertz CT molecular complexity index is 494. The van der Waals surface area contributed by atoms with Crippen molar-refractivity contribution < 1.29 is 0 Å². The Morgan fingerprint density at radius 2 is 2.36 bits per heavy atom. The highest BCUT2D eigenvalue weighted by Gasteiger charge is 2.00. The fourth-order valence-corrected chi connectivity index (χ4v) is 1.10. The molecule has 0 radical (unpaired) electrons. The average molecular weight is 185 g/mol. The maximum atomic E-state index is 8.63. The van der Waals surface area contributed by atoms with E-state index < -0.39 is 0 Å². The molecule has 0 atom stereocenters. The molecule has 2 aromatic rings. The Kier molecular flexibility index (Phi) is 1.95. The van der Waals surface area contributed by atoms with Crippen LogP contribution in [0.25, 0.3) is 5.69 Å². The molecular weight excluding hydrogens is 178 g/mol. The van der Waals surface area contributed by atoms with Crippen LogP contribution in [0, 0.1) is 18.3 Å². The van der Waals surface area contributed by atoms with Gasteiger partial charge in [0.25, 0.3) is 0 Å². The lowest BCUT2D eigenvalue weighted by Gasteiger charge is -1.98. The fourth-order valence-electron chi connectivity index (χ4n) is 1.10. The van der Waals surface area contributed by atoms with E-state index in [1.54, 1.807) is 16.9 Å². The monoisotopic (exact) mass is 185 g/mol. The Morgan fingerprint density at radius 3 is 3.00 bits per heavy atom. The zero-order valence-electron chi connectivity index (χ0n) is 7.55. The third-order valence-electron chi connectivity index (χ3n) is 1.74. The van der Waals surface area contributed by atoms with E-state index in [-0.39, 0.29) is 5.69 Å². The van der Waals surface area contributed by atoms with Crippen LogP contribution in [0.3, 0.4) is 0 Å². The topological polar surface area (TPSA) is 67.4 Å². The highest BCUT2D eigenvalue weighted by atomic mass is 15.3. The van der Waals surface area contributed by atoms with Gasteiger partial charge in [0.15, 0.2) is 5.69 Å². The Balaban J connectivity index is 2.47. The first-order valence-electron chi connectivity index (χ1n) is 4.05. The number of aryl methyl sites for hydroxylation is 1. The van der Waals surface area contributed by atoms with Gasteiger partial charge in [0.05, 0.1) is 17.6 Å². The van der Waals surface area contributed by atoms with Gasteiger partial charge < -0.3 is 0 Å². The Labute approximate surface area is 80.6 Å². The van der Waals surface area contributed by atoms with E-state index >= 15 is 0 Å². The summed E-state index contributed by atoms with van der Waals surface area (Å²) in [6.45, 7) is 1.90. The lowest BCUT2D eigenvalue weighted by atomic mass is 10.4. The standard InChI is InChI=1S/C9H7N5/c1-7-2-3-14(13-7)9-4-8(5-10)12-11-6-9/h2-4,6H,1H3. The van der Waals surface area contributed by atoms with Crippen molar-refractivity contribution in [3.63, 3.8) is 0 Å². The van der Waals surface area contributed by atoms with Crippen molar-refractivity contribution >= 4 is 0 Å². The third-order valence-corrected chi connectivity index (χ3v) is 1.74. The first kappa shape index (κ1) is 8.38. The van der Waals surface area contributed by atoms with Crippen LogP contribution in [-0.2, 0) is 0 Å². The fraction of sp³-hybridized carbons (Fsp3) is 0.111. The third kappa shape index (κ3) is 1.45. The van der Waals surface area contributed by atoms with Crippen LogP contribution >= 0.6 is 0 Å². The van der Waals surface area contributed by atoms with E-state index in [2.05, 4.69) is 15.3 Å². The molecule has 0 N–H and O–H groups in total. The second kappa shape index (κ2) is 3.26. The largest absolute Gasteiger partial charge is 0.239 e. The molecule has 5 heteroatoms.